The summed E-state index contributed by atoms with van der Waals surface area (Å²) < 4.78 is 18.2. The number of piperidine rings is 1. The van der Waals surface area contributed by atoms with Crippen LogP contribution in [0.3, 0.4) is 0 Å². The largest absolute Gasteiger partial charge is 0.465 e. The van der Waals surface area contributed by atoms with Crippen molar-refractivity contribution in [2.75, 3.05) is 31.6 Å². The van der Waals surface area contributed by atoms with Crippen LogP contribution >= 0.6 is 0 Å². The third kappa shape index (κ3) is 6.11. The van der Waals surface area contributed by atoms with Gasteiger partial charge in [0, 0.05) is 38.3 Å². The van der Waals surface area contributed by atoms with Crippen molar-refractivity contribution >= 4 is 17.8 Å². The van der Waals surface area contributed by atoms with E-state index in [-0.39, 0.29) is 24.0 Å². The van der Waals surface area contributed by atoms with Gasteiger partial charge in [0.25, 0.3) is 5.91 Å². The predicted molar refractivity (Wildman–Crippen MR) is 125 cm³/mol. The highest BCUT2D eigenvalue weighted by Gasteiger charge is 2.23. The monoisotopic (exact) mass is 482 g/mol. The van der Waals surface area contributed by atoms with Gasteiger partial charge in [0.05, 0.1) is 24.6 Å². The molecule has 0 unspecified atom stereocenters. The molecule has 0 atom stereocenters. The third-order valence-corrected chi connectivity index (χ3v) is 6.16. The molecule has 1 aliphatic rings. The number of aromatic nitrogens is 3. The second-order valence-electron chi connectivity index (χ2n) is 8.45. The number of anilines is 1. The Labute approximate surface area is 201 Å². The molecule has 1 fully saturated rings. The van der Waals surface area contributed by atoms with E-state index in [0.29, 0.717) is 23.9 Å². The third-order valence-electron chi connectivity index (χ3n) is 6.16. The number of benzene rings is 1. The Balaban J connectivity index is 1.26. The molecule has 0 aliphatic carbocycles. The molecule has 1 saturated heterocycles. The number of hydrogen-bond donors (Lipinski definition) is 2. The number of hydrogen-bond acceptors (Lipinski definition) is 7. The molecular weight excluding hydrogens is 455 g/mol. The molecule has 0 saturated carbocycles. The molecule has 10 nitrogen and oxygen atoms in total. The Morgan fingerprint density at radius 3 is 2.57 bits per heavy atom. The second kappa shape index (κ2) is 10.9. The van der Waals surface area contributed by atoms with Crippen LogP contribution in [0.4, 0.5) is 15.0 Å². The normalized spacial score (nSPS) is 14.1. The minimum absolute atomic E-state index is 0.0359. The van der Waals surface area contributed by atoms with Gasteiger partial charge in [-0.3, -0.25) is 9.78 Å². The number of nitrogens with zero attached hydrogens (tertiary/aromatic N) is 5. The predicted octanol–water partition coefficient (Wildman–Crippen LogP) is 3.42. The van der Waals surface area contributed by atoms with Crippen molar-refractivity contribution in [2.24, 2.45) is 5.92 Å². The van der Waals surface area contributed by atoms with Gasteiger partial charge in [-0.15, -0.1) is 0 Å². The standard InChI is InChI=1S/C24H27FN6O4/c1-26-23(32)20-12-19(35-29-20)15-31(24(33)34)11-8-16-6-9-30(10-7-16)22-14-27-21(13-28-22)17-2-4-18(25)5-3-17/h2-5,12-14,16H,6-11,15H2,1H3,(H,26,32)(H,33,34). The molecule has 0 radical (unpaired) electrons. The van der Waals surface area contributed by atoms with Gasteiger partial charge in [0.1, 0.15) is 11.6 Å². The van der Waals surface area contributed by atoms with E-state index in [1.54, 1.807) is 24.5 Å². The van der Waals surface area contributed by atoms with Gasteiger partial charge in [-0.1, -0.05) is 5.16 Å². The molecule has 3 aromatic rings. The van der Waals surface area contributed by atoms with E-state index >= 15 is 0 Å². The first-order valence-electron chi connectivity index (χ1n) is 11.4. The Morgan fingerprint density at radius 2 is 1.94 bits per heavy atom. The topological polar surface area (TPSA) is 125 Å². The van der Waals surface area contributed by atoms with Crippen LogP contribution in [0.2, 0.25) is 0 Å². The molecule has 3 heterocycles. The highest BCUT2D eigenvalue weighted by molar-refractivity contribution is 5.91. The number of carbonyl (C=O) groups excluding carboxylic acids is 1. The maximum absolute atomic E-state index is 13.1. The summed E-state index contributed by atoms with van der Waals surface area (Å²) in [5, 5.41) is 15.7. The maximum atomic E-state index is 13.1. The van der Waals surface area contributed by atoms with Crippen molar-refractivity contribution < 1.29 is 23.6 Å². The van der Waals surface area contributed by atoms with Crippen molar-refractivity contribution in [3.05, 3.63) is 60.0 Å². The van der Waals surface area contributed by atoms with Gasteiger partial charge in [-0.2, -0.15) is 0 Å². The lowest BCUT2D eigenvalue weighted by Crippen LogP contribution is -2.36. The van der Waals surface area contributed by atoms with Crippen LogP contribution in [0.5, 0.6) is 0 Å². The quantitative estimate of drug-likeness (QED) is 0.500. The van der Waals surface area contributed by atoms with E-state index in [4.69, 9.17) is 4.52 Å². The van der Waals surface area contributed by atoms with E-state index < -0.39 is 6.09 Å². The first-order chi connectivity index (χ1) is 16.9. The Kier molecular flexibility index (Phi) is 7.54. The van der Waals surface area contributed by atoms with E-state index in [1.807, 2.05) is 0 Å². The highest BCUT2D eigenvalue weighted by atomic mass is 19.1. The summed E-state index contributed by atoms with van der Waals surface area (Å²) >= 11 is 0. The summed E-state index contributed by atoms with van der Waals surface area (Å²) in [6.45, 7) is 2.01. The van der Waals surface area contributed by atoms with Crippen molar-refractivity contribution in [3.8, 4) is 11.3 Å². The summed E-state index contributed by atoms with van der Waals surface area (Å²) in [6.07, 6.45) is 4.94. The van der Waals surface area contributed by atoms with Crippen molar-refractivity contribution in [3.63, 3.8) is 0 Å². The summed E-state index contributed by atoms with van der Waals surface area (Å²) in [5.74, 6) is 0.821. The zero-order valence-corrected chi connectivity index (χ0v) is 19.4. The van der Waals surface area contributed by atoms with Crippen LogP contribution in [0.15, 0.2) is 47.2 Å². The summed E-state index contributed by atoms with van der Waals surface area (Å²) in [7, 11) is 1.49. The fourth-order valence-corrected chi connectivity index (χ4v) is 4.10. The lowest BCUT2D eigenvalue weighted by atomic mass is 9.93. The van der Waals surface area contributed by atoms with Gasteiger partial charge in [-0.05, 0) is 49.4 Å². The molecule has 4 rings (SSSR count). The van der Waals surface area contributed by atoms with Crippen LogP contribution in [0.1, 0.15) is 35.5 Å². The number of amides is 2. The van der Waals surface area contributed by atoms with Crippen LogP contribution < -0.4 is 10.2 Å². The number of carboxylic acid groups (broad SMARTS) is 1. The molecule has 2 aromatic heterocycles. The average molecular weight is 483 g/mol. The number of rotatable bonds is 8. The summed E-state index contributed by atoms with van der Waals surface area (Å²) in [5.41, 5.74) is 1.61. The van der Waals surface area contributed by atoms with E-state index in [1.165, 1.54) is 30.1 Å². The summed E-state index contributed by atoms with van der Waals surface area (Å²) in [6, 6.07) is 7.60. The smallest absolute Gasteiger partial charge is 0.407 e. The zero-order valence-electron chi connectivity index (χ0n) is 19.4. The second-order valence-corrected chi connectivity index (χ2v) is 8.45. The molecule has 1 aromatic carbocycles. The van der Waals surface area contributed by atoms with Gasteiger partial charge < -0.3 is 24.7 Å². The number of nitrogens with one attached hydrogen (secondary N) is 1. The Hall–Kier alpha value is -4.02. The average Bonchev–Trinajstić information content (AvgIpc) is 3.35. The van der Waals surface area contributed by atoms with Crippen molar-refractivity contribution in [1.29, 1.82) is 0 Å². The van der Waals surface area contributed by atoms with Crippen LogP contribution in [-0.2, 0) is 6.54 Å². The van der Waals surface area contributed by atoms with Gasteiger partial charge in [0.15, 0.2) is 11.5 Å². The first-order valence-corrected chi connectivity index (χ1v) is 11.4. The van der Waals surface area contributed by atoms with Crippen LogP contribution in [0.25, 0.3) is 11.3 Å². The molecule has 0 bridgehead atoms. The SMILES string of the molecule is CNC(=O)c1cc(CN(CCC2CCN(c3cnc(-c4ccc(F)cc4)cn3)CC2)C(=O)O)on1. The fourth-order valence-electron chi connectivity index (χ4n) is 4.10. The minimum Gasteiger partial charge on any atom is -0.465 e. The number of halogens is 1. The van der Waals surface area contributed by atoms with Crippen LogP contribution in [0, 0.1) is 11.7 Å². The molecule has 11 heteroatoms. The van der Waals surface area contributed by atoms with E-state index in [0.717, 1.165) is 43.7 Å². The Morgan fingerprint density at radius 1 is 1.20 bits per heavy atom. The lowest BCUT2D eigenvalue weighted by molar-refractivity contribution is 0.0953. The van der Waals surface area contributed by atoms with Gasteiger partial charge in [-0.25, -0.2) is 14.2 Å². The molecule has 1 aliphatic heterocycles. The van der Waals surface area contributed by atoms with Crippen LogP contribution in [-0.4, -0.2) is 63.8 Å². The molecule has 35 heavy (non-hydrogen) atoms. The molecule has 2 N–H and O–H groups in total. The minimum atomic E-state index is -1.04. The Bertz CT molecular complexity index is 1140. The zero-order chi connectivity index (χ0) is 24.8. The van der Waals surface area contributed by atoms with Gasteiger partial charge >= 0.3 is 6.09 Å². The molecule has 184 valence electrons. The molecular formula is C24H27FN6O4. The summed E-state index contributed by atoms with van der Waals surface area (Å²) in [4.78, 5) is 35.8. The number of carbonyl (C=O) groups is 2. The lowest BCUT2D eigenvalue weighted by Gasteiger charge is -2.33. The van der Waals surface area contributed by atoms with E-state index in [2.05, 4.69) is 25.3 Å². The fraction of sp³-hybridized carbons (Fsp3) is 0.375. The molecule has 2 amide bonds. The van der Waals surface area contributed by atoms with Crippen molar-refractivity contribution in [1.82, 2.24) is 25.3 Å². The van der Waals surface area contributed by atoms with Crippen molar-refractivity contribution in [2.45, 2.75) is 25.8 Å². The van der Waals surface area contributed by atoms with Gasteiger partial charge in [0.2, 0.25) is 0 Å². The molecule has 0 spiro atoms. The van der Waals surface area contributed by atoms with E-state index in [9.17, 15) is 19.1 Å². The highest BCUT2D eigenvalue weighted by Crippen LogP contribution is 2.25. The maximum Gasteiger partial charge on any atom is 0.407 e. The first kappa shape index (κ1) is 24.1.